The smallest absolute Gasteiger partial charge is 0.187 e. The zero-order valence-corrected chi connectivity index (χ0v) is 17.9. The highest BCUT2D eigenvalue weighted by Gasteiger charge is 2.16. The molecule has 1 aliphatic rings. The topological polar surface area (TPSA) is 136 Å². The van der Waals surface area contributed by atoms with Crippen molar-refractivity contribution in [3.63, 3.8) is 0 Å². The fourth-order valence-electron chi connectivity index (χ4n) is 3.65. The van der Waals surface area contributed by atoms with Gasteiger partial charge in [0.05, 0.1) is 18.3 Å². The second-order valence-electron chi connectivity index (χ2n) is 7.65. The van der Waals surface area contributed by atoms with Gasteiger partial charge in [0.25, 0.3) is 0 Å². The van der Waals surface area contributed by atoms with Crippen LogP contribution in [-0.4, -0.2) is 50.3 Å². The van der Waals surface area contributed by atoms with Gasteiger partial charge in [-0.05, 0) is 44.1 Å². The van der Waals surface area contributed by atoms with Crippen LogP contribution in [0.4, 0.5) is 20.3 Å². The number of nitrogens with two attached hydrogens (primary N) is 2. The number of aliphatic imine (C=N–C) groups is 1. The Hall–Kier alpha value is -3.80. The molecule has 33 heavy (non-hydrogen) atoms. The lowest BCUT2D eigenvalue weighted by Gasteiger charge is -2.25. The molecule has 4 rings (SSSR count). The zero-order chi connectivity index (χ0) is 23.2. The minimum absolute atomic E-state index is 0.0687. The lowest BCUT2D eigenvalue weighted by Crippen LogP contribution is -2.32. The number of hydrogen-bond acceptors (Lipinski definition) is 7. The first-order chi connectivity index (χ1) is 16.0. The summed E-state index contributed by atoms with van der Waals surface area (Å²) < 4.78 is 29.5. The van der Waals surface area contributed by atoms with Crippen LogP contribution < -0.4 is 11.6 Å². The van der Waals surface area contributed by atoms with Gasteiger partial charge >= 0.3 is 0 Å². The van der Waals surface area contributed by atoms with Crippen LogP contribution in [0.25, 0.3) is 11.3 Å². The summed E-state index contributed by atoms with van der Waals surface area (Å²) in [6.45, 7) is 3.84. The van der Waals surface area contributed by atoms with Crippen molar-refractivity contribution in [1.29, 1.82) is 0 Å². The normalized spacial score (nSPS) is 15.4. The number of likely N-dealkylation sites (tertiary alicyclic amines) is 1. The van der Waals surface area contributed by atoms with E-state index in [1.165, 1.54) is 37.6 Å². The summed E-state index contributed by atoms with van der Waals surface area (Å²) in [5, 5.41) is 15.4. The standard InChI is InChI=1S/C21H24F2N10/c22-16-5-4-6-17(19(16)23)27-21(29-30-25)15-11-14(12-26-20(15)24)18-13-33(31-28-18)10-9-32-7-2-1-3-8-32/h4-6,11-13H,1-3,7-10H2,(H2,24,26)(H2,25,27,29). The van der Waals surface area contributed by atoms with Crippen molar-refractivity contribution in [3.8, 4) is 11.3 Å². The van der Waals surface area contributed by atoms with Crippen LogP contribution in [0.3, 0.4) is 0 Å². The molecule has 1 fully saturated rings. The number of rotatable bonds is 6. The molecule has 2 aromatic heterocycles. The molecule has 0 radical (unpaired) electrons. The van der Waals surface area contributed by atoms with Crippen molar-refractivity contribution in [2.75, 3.05) is 25.4 Å². The number of pyridine rings is 1. The molecule has 0 unspecified atom stereocenters. The molecule has 3 heterocycles. The fraction of sp³-hybridized carbons (Fsp3) is 0.333. The van der Waals surface area contributed by atoms with Crippen LogP contribution in [0.2, 0.25) is 0 Å². The molecule has 0 aliphatic carbocycles. The molecular weight excluding hydrogens is 430 g/mol. The first-order valence-electron chi connectivity index (χ1n) is 10.6. The maximum atomic E-state index is 14.1. The first-order valence-corrected chi connectivity index (χ1v) is 10.6. The van der Waals surface area contributed by atoms with Gasteiger partial charge in [-0.1, -0.05) is 22.9 Å². The third-order valence-corrected chi connectivity index (χ3v) is 5.40. The summed E-state index contributed by atoms with van der Waals surface area (Å²) >= 11 is 0. The summed E-state index contributed by atoms with van der Waals surface area (Å²) in [7, 11) is 0. The maximum absolute atomic E-state index is 14.1. The molecule has 4 N–H and O–H groups in total. The van der Waals surface area contributed by atoms with Gasteiger partial charge in [0, 0.05) is 18.3 Å². The first kappa shape index (κ1) is 22.4. The third kappa shape index (κ3) is 5.34. The molecule has 0 bridgehead atoms. The average Bonchev–Trinajstić information content (AvgIpc) is 3.30. The van der Waals surface area contributed by atoms with Gasteiger partial charge in [0.1, 0.15) is 17.2 Å². The van der Waals surface area contributed by atoms with Gasteiger partial charge in [-0.25, -0.2) is 18.8 Å². The van der Waals surface area contributed by atoms with Crippen LogP contribution in [0, 0.1) is 11.6 Å². The number of anilines is 1. The monoisotopic (exact) mass is 454 g/mol. The van der Waals surface area contributed by atoms with Gasteiger partial charge in [0.2, 0.25) is 0 Å². The third-order valence-electron chi connectivity index (χ3n) is 5.40. The quantitative estimate of drug-likeness (QED) is 0.193. The van der Waals surface area contributed by atoms with Gasteiger partial charge in [-0.15, -0.1) is 10.2 Å². The number of nitrogen functional groups attached to an aromatic ring is 1. The van der Waals surface area contributed by atoms with E-state index in [9.17, 15) is 8.78 Å². The van der Waals surface area contributed by atoms with Crippen LogP contribution in [0.1, 0.15) is 24.8 Å². The lowest BCUT2D eigenvalue weighted by atomic mass is 10.1. The molecule has 10 nitrogen and oxygen atoms in total. The summed E-state index contributed by atoms with van der Waals surface area (Å²) in [5.41, 5.74) is 7.15. The summed E-state index contributed by atoms with van der Waals surface area (Å²) in [4.78, 5) is 10.6. The molecule has 0 amide bonds. The number of nitrogens with zero attached hydrogens (tertiary/aromatic N) is 8. The highest BCUT2D eigenvalue weighted by molar-refractivity contribution is 6.04. The molecule has 0 spiro atoms. The molecule has 12 heteroatoms. The summed E-state index contributed by atoms with van der Waals surface area (Å²) in [6, 6.07) is 5.25. The molecule has 3 aromatic rings. The molecule has 1 saturated heterocycles. The second kappa shape index (κ2) is 10.2. The average molecular weight is 454 g/mol. The highest BCUT2D eigenvalue weighted by Crippen LogP contribution is 2.25. The Morgan fingerprint density at radius 3 is 2.73 bits per heavy atom. The number of piperidine rings is 1. The van der Waals surface area contributed by atoms with Crippen molar-refractivity contribution in [2.24, 2.45) is 21.2 Å². The van der Waals surface area contributed by atoms with Crippen molar-refractivity contribution in [3.05, 3.63) is 53.9 Å². The van der Waals surface area contributed by atoms with E-state index >= 15 is 0 Å². The van der Waals surface area contributed by atoms with Crippen LogP contribution in [0.15, 0.2) is 52.0 Å². The zero-order valence-electron chi connectivity index (χ0n) is 17.9. The Bertz CT molecular complexity index is 1170. The maximum Gasteiger partial charge on any atom is 0.187 e. The van der Waals surface area contributed by atoms with E-state index < -0.39 is 11.6 Å². The lowest BCUT2D eigenvalue weighted by molar-refractivity contribution is 0.217. The SMILES string of the molecule is NN=NC(=Nc1cccc(F)c1F)c1cc(-c2cn(CCN3CCCCC3)nn2)cnc1N. The van der Waals surface area contributed by atoms with E-state index in [2.05, 4.69) is 35.5 Å². The minimum Gasteiger partial charge on any atom is -0.383 e. The van der Waals surface area contributed by atoms with E-state index in [0.717, 1.165) is 32.2 Å². The van der Waals surface area contributed by atoms with Crippen molar-refractivity contribution < 1.29 is 8.78 Å². The second-order valence-corrected chi connectivity index (χ2v) is 7.65. The molecular formula is C21H24F2N10. The van der Waals surface area contributed by atoms with Crippen LogP contribution in [0.5, 0.6) is 0 Å². The van der Waals surface area contributed by atoms with Crippen LogP contribution >= 0.6 is 0 Å². The largest absolute Gasteiger partial charge is 0.383 e. The minimum atomic E-state index is -1.12. The molecule has 1 aliphatic heterocycles. The van der Waals surface area contributed by atoms with Crippen LogP contribution in [-0.2, 0) is 6.54 Å². The summed E-state index contributed by atoms with van der Waals surface area (Å²) in [6.07, 6.45) is 7.10. The fourth-order valence-corrected chi connectivity index (χ4v) is 3.65. The number of aromatic nitrogens is 4. The number of hydrogen-bond donors (Lipinski definition) is 2. The van der Waals surface area contributed by atoms with E-state index in [1.807, 2.05) is 6.20 Å². The van der Waals surface area contributed by atoms with Gasteiger partial charge in [-0.2, -0.15) is 0 Å². The molecule has 172 valence electrons. The van der Waals surface area contributed by atoms with E-state index in [1.54, 1.807) is 10.7 Å². The molecule has 1 aromatic carbocycles. The summed E-state index contributed by atoms with van der Waals surface area (Å²) in [5.74, 6) is 2.99. The Morgan fingerprint density at radius 2 is 1.94 bits per heavy atom. The van der Waals surface area contributed by atoms with Crippen molar-refractivity contribution >= 4 is 17.3 Å². The number of amidine groups is 1. The van der Waals surface area contributed by atoms with Gasteiger partial charge in [-0.3, -0.25) is 4.68 Å². The predicted octanol–water partition coefficient (Wildman–Crippen LogP) is 3.09. The number of halogens is 2. The van der Waals surface area contributed by atoms with Gasteiger partial charge in [0.15, 0.2) is 17.5 Å². The van der Waals surface area contributed by atoms with Gasteiger partial charge < -0.3 is 16.5 Å². The van der Waals surface area contributed by atoms with Crippen molar-refractivity contribution in [1.82, 2.24) is 24.9 Å². The van der Waals surface area contributed by atoms with E-state index in [4.69, 9.17) is 11.6 Å². The van der Waals surface area contributed by atoms with E-state index in [-0.39, 0.29) is 22.9 Å². The Kier molecular flexibility index (Phi) is 6.93. The Balaban J connectivity index is 1.60. The van der Waals surface area contributed by atoms with E-state index in [0.29, 0.717) is 11.3 Å². The van der Waals surface area contributed by atoms with Crippen molar-refractivity contribution in [2.45, 2.75) is 25.8 Å². The molecule has 0 saturated carbocycles. The number of benzene rings is 1. The Labute approximate surface area is 189 Å². The highest BCUT2D eigenvalue weighted by atomic mass is 19.2. The molecule has 0 atom stereocenters. The predicted molar refractivity (Wildman–Crippen MR) is 120 cm³/mol. The Morgan fingerprint density at radius 1 is 1.12 bits per heavy atom.